The van der Waals surface area contributed by atoms with Crippen LogP contribution in [0.3, 0.4) is 0 Å². The maximum Gasteiger partial charge on any atom is 0.155 e. The summed E-state index contributed by atoms with van der Waals surface area (Å²) in [5, 5.41) is 14.3. The molecule has 3 aromatic carbocycles. The van der Waals surface area contributed by atoms with Gasteiger partial charge in [-0.15, -0.1) is 28.1 Å². The van der Waals surface area contributed by atoms with E-state index in [9.17, 15) is 4.79 Å². The number of fused-ring (bicyclic) bond motifs is 4. The molecule has 4 aromatic rings. The number of anilines is 3. The molecule has 39 heavy (non-hydrogen) atoms. The van der Waals surface area contributed by atoms with Gasteiger partial charge in [0.1, 0.15) is 0 Å². The summed E-state index contributed by atoms with van der Waals surface area (Å²) in [4.78, 5) is 17.2. The number of pyridine rings is 1. The Morgan fingerprint density at radius 1 is 0.846 bits per heavy atom. The number of carbonyl (C=O) groups excluding carboxylic acids is 1. The first-order chi connectivity index (χ1) is 18.0. The second kappa shape index (κ2) is 10.8. The van der Waals surface area contributed by atoms with Crippen LogP contribution in [0.25, 0.3) is 11.3 Å². The third-order valence-corrected chi connectivity index (χ3v) is 14.4. The molecule has 0 bridgehead atoms. The van der Waals surface area contributed by atoms with Gasteiger partial charge in [-0.1, -0.05) is 74.7 Å². The van der Waals surface area contributed by atoms with Gasteiger partial charge in [0.15, 0.2) is 5.78 Å². The van der Waals surface area contributed by atoms with Crippen molar-refractivity contribution in [1.29, 1.82) is 0 Å². The topological polar surface area (TPSA) is 53.4 Å². The zero-order valence-electron chi connectivity index (χ0n) is 23.1. The minimum absolute atomic E-state index is 0. The molecule has 0 fully saturated rings. The van der Waals surface area contributed by atoms with Crippen molar-refractivity contribution in [2.75, 3.05) is 4.90 Å². The summed E-state index contributed by atoms with van der Waals surface area (Å²) in [7, 11) is -3.84. The first-order valence-electron chi connectivity index (χ1n) is 12.9. The summed E-state index contributed by atoms with van der Waals surface area (Å²) < 4.78 is 0. The third kappa shape index (κ3) is 5.02. The van der Waals surface area contributed by atoms with Crippen LogP contribution in [-0.2, 0) is 25.9 Å². The molecule has 0 amide bonds. The number of rotatable bonds is 2. The predicted molar refractivity (Wildman–Crippen MR) is 164 cm³/mol. The van der Waals surface area contributed by atoms with Crippen molar-refractivity contribution in [3.8, 4) is 11.3 Å². The van der Waals surface area contributed by atoms with Crippen molar-refractivity contribution < 1.29 is 31.0 Å². The smallest absolute Gasteiger partial charge is 0.155 e. The number of hydrogen-bond donors (Lipinski definition) is 1. The van der Waals surface area contributed by atoms with Crippen molar-refractivity contribution in [1.82, 2.24) is 4.98 Å². The summed E-state index contributed by atoms with van der Waals surface area (Å²) in [6.07, 6.45) is 3.05. The van der Waals surface area contributed by atoms with Crippen LogP contribution in [0.1, 0.15) is 13.8 Å². The van der Waals surface area contributed by atoms with Gasteiger partial charge in [-0.25, -0.2) is 0 Å². The molecule has 0 aliphatic carbocycles. The van der Waals surface area contributed by atoms with Crippen molar-refractivity contribution in [2.45, 2.75) is 40.0 Å². The predicted octanol–water partition coefficient (Wildman–Crippen LogP) is 5.33. The Bertz CT molecular complexity index is 1500. The van der Waals surface area contributed by atoms with Gasteiger partial charge in [-0.05, 0) is 53.8 Å². The number of aromatic nitrogens is 1. The molecule has 0 saturated heterocycles. The molecular formula is C32H33N2O2PtSi2-. The zero-order chi connectivity index (χ0) is 27.2. The van der Waals surface area contributed by atoms with E-state index in [1.807, 2.05) is 12.3 Å². The monoisotopic (exact) mass is 728 g/mol. The molecule has 2 aliphatic rings. The maximum absolute atomic E-state index is 10.0. The molecule has 0 spiro atoms. The van der Waals surface area contributed by atoms with Crippen molar-refractivity contribution in [3.63, 3.8) is 0 Å². The average molecular weight is 729 g/mol. The van der Waals surface area contributed by atoms with E-state index in [1.54, 1.807) is 0 Å². The normalized spacial score (nSPS) is 15.4. The van der Waals surface area contributed by atoms with Crippen molar-refractivity contribution in [3.05, 3.63) is 96.9 Å². The summed E-state index contributed by atoms with van der Waals surface area (Å²) in [6.45, 7) is 12.8. The molecule has 4 nitrogen and oxygen atoms in total. The molecule has 6 rings (SSSR count). The van der Waals surface area contributed by atoms with E-state index < -0.39 is 16.1 Å². The number of ketones is 1. The average Bonchev–Trinajstić information content (AvgIpc) is 2.88. The number of hydrogen-bond acceptors (Lipinski definition) is 4. The summed E-state index contributed by atoms with van der Waals surface area (Å²) in [6, 6.07) is 30.5. The number of aliphatic hydroxyl groups is 1. The fourth-order valence-corrected chi connectivity index (χ4v) is 11.7. The van der Waals surface area contributed by atoms with Crippen LogP contribution in [-0.4, -0.2) is 32.0 Å². The standard InChI is InChI=1S/C27H25N2Si2.C5H8O2.Pt/c1-30(2)23-14-7-5-12-21(23)29-22-13-6-8-15-24(22)31(3,4)26-18-19(17-25(30)27(26)29)20-11-9-10-16-28-20;1-4(6)3-5(2)7;/h5-17H,1-4H3;3,6H,1-2H3;/q-1;;/b;4-3-;. The minimum atomic E-state index is -1.94. The Balaban J connectivity index is 0.000000394. The van der Waals surface area contributed by atoms with Crippen LogP contribution in [0.5, 0.6) is 0 Å². The van der Waals surface area contributed by atoms with Crippen molar-refractivity contribution in [2.24, 2.45) is 0 Å². The van der Waals surface area contributed by atoms with Gasteiger partial charge in [-0.2, -0.15) is 0 Å². The molecule has 2 aliphatic heterocycles. The number of aliphatic hydroxyl groups excluding tert-OH is 1. The molecule has 0 saturated carbocycles. The molecule has 0 radical (unpaired) electrons. The number of nitrogens with zero attached hydrogens (tertiary/aromatic N) is 2. The molecule has 0 atom stereocenters. The Kier molecular flexibility index (Phi) is 8.04. The van der Waals surface area contributed by atoms with E-state index in [2.05, 4.69) is 109 Å². The second-order valence-electron chi connectivity index (χ2n) is 11.1. The van der Waals surface area contributed by atoms with Gasteiger partial charge in [0.05, 0.1) is 21.9 Å². The van der Waals surface area contributed by atoms with E-state index in [0.717, 1.165) is 11.3 Å². The molecule has 0 unspecified atom stereocenters. The van der Waals surface area contributed by atoms with E-state index in [4.69, 9.17) is 5.11 Å². The first-order valence-corrected chi connectivity index (χ1v) is 18.9. The molecule has 1 N–H and O–H groups in total. The van der Waals surface area contributed by atoms with Crippen molar-refractivity contribution >= 4 is 59.7 Å². The Hall–Kier alpha value is -3.06. The molecule has 1 aromatic heterocycles. The summed E-state index contributed by atoms with van der Waals surface area (Å²) in [5.41, 5.74) is 6.26. The number of carbonyl (C=O) groups is 1. The molecule has 202 valence electrons. The van der Waals surface area contributed by atoms with Gasteiger partial charge >= 0.3 is 0 Å². The van der Waals surface area contributed by atoms with Crippen LogP contribution >= 0.6 is 0 Å². The van der Waals surface area contributed by atoms with Gasteiger partial charge in [0.25, 0.3) is 0 Å². The Morgan fingerprint density at radius 3 is 1.92 bits per heavy atom. The maximum atomic E-state index is 10.0. The van der Waals surface area contributed by atoms with Crippen LogP contribution in [0.4, 0.5) is 17.1 Å². The fourth-order valence-electron chi connectivity index (χ4n) is 5.74. The van der Waals surface area contributed by atoms with Gasteiger partial charge in [0.2, 0.25) is 0 Å². The third-order valence-electron chi connectivity index (χ3n) is 7.55. The van der Waals surface area contributed by atoms with E-state index in [0.29, 0.717) is 0 Å². The molecular weight excluding hydrogens is 696 g/mol. The summed E-state index contributed by atoms with van der Waals surface area (Å²) >= 11 is 0. The number of allylic oxidation sites excluding steroid dienone is 2. The first kappa shape index (κ1) is 28.9. The largest absolute Gasteiger partial charge is 0.512 e. The molecule has 3 heterocycles. The molecule has 7 heteroatoms. The van der Waals surface area contributed by atoms with Gasteiger partial charge < -0.3 is 15.0 Å². The SMILES string of the molecule is CC(=O)/C=C(/C)O.C[Si]1(C)c2[c-]c(-c3ccccn3)cc3c2N(c2ccccc21)c1ccccc1[Si]3(C)C.[Pt]. The van der Waals surface area contributed by atoms with E-state index in [1.165, 1.54) is 57.7 Å². The second-order valence-corrected chi connectivity index (χ2v) is 19.7. The van der Waals surface area contributed by atoms with Gasteiger partial charge in [0, 0.05) is 44.7 Å². The van der Waals surface area contributed by atoms with E-state index >= 15 is 0 Å². The Labute approximate surface area is 247 Å². The quantitative estimate of drug-likeness (QED) is 0.132. The Morgan fingerprint density at radius 2 is 1.41 bits per heavy atom. The number of para-hydroxylation sites is 2. The van der Waals surface area contributed by atoms with E-state index in [-0.39, 0.29) is 32.6 Å². The summed E-state index contributed by atoms with van der Waals surface area (Å²) in [5.74, 6) is -0.0625. The van der Waals surface area contributed by atoms with Crippen LogP contribution < -0.4 is 25.6 Å². The van der Waals surface area contributed by atoms with Crippen LogP contribution in [0, 0.1) is 6.07 Å². The van der Waals surface area contributed by atoms with Crippen LogP contribution in [0.15, 0.2) is 90.8 Å². The fraction of sp³-hybridized carbons (Fsp3) is 0.188. The van der Waals surface area contributed by atoms with Gasteiger partial charge in [-0.3, -0.25) is 4.79 Å². The van der Waals surface area contributed by atoms with Crippen LogP contribution in [0.2, 0.25) is 26.2 Å². The minimum Gasteiger partial charge on any atom is -0.512 e. The number of benzene rings is 3. The zero-order valence-corrected chi connectivity index (χ0v) is 27.4.